The maximum Gasteiger partial charge on any atom is 0.388 e. The zero-order valence-corrected chi connectivity index (χ0v) is 23.4. The van der Waals surface area contributed by atoms with Crippen LogP contribution in [0.25, 0.3) is 0 Å². The number of hydrogen-bond donors (Lipinski definition) is 1. The molecule has 40 heavy (non-hydrogen) atoms. The monoisotopic (exact) mass is 598 g/mol. The van der Waals surface area contributed by atoms with Gasteiger partial charge in [-0.2, -0.15) is 8.78 Å². The minimum atomic E-state index is -3.74. The van der Waals surface area contributed by atoms with E-state index in [1.165, 1.54) is 22.1 Å². The fourth-order valence-electron chi connectivity index (χ4n) is 5.62. The van der Waals surface area contributed by atoms with Crippen molar-refractivity contribution in [2.45, 2.75) is 75.1 Å². The Bertz CT molecular complexity index is 1520. The quantitative estimate of drug-likeness (QED) is 0.349. The van der Waals surface area contributed by atoms with E-state index in [1.807, 2.05) is 0 Å². The van der Waals surface area contributed by atoms with Crippen molar-refractivity contribution in [3.05, 3.63) is 27.7 Å². The SMILES string of the molecule is Cn1nc(OC(F)F)cc1Nc1nncn1[C@H]1CCc2sc(CC(=O)C3CC3)c(S(=O)(=O)CC3CC(F)C3)c2C1. The molecule has 6 rings (SSSR count). The van der Waals surface area contributed by atoms with E-state index in [4.69, 9.17) is 0 Å². The number of ether oxygens (including phenoxy) is 1. The average Bonchev–Trinajstić information content (AvgIpc) is 3.37. The van der Waals surface area contributed by atoms with Gasteiger partial charge in [0.05, 0.1) is 10.6 Å². The first-order chi connectivity index (χ1) is 19.1. The van der Waals surface area contributed by atoms with Gasteiger partial charge in [0, 0.05) is 41.2 Å². The summed E-state index contributed by atoms with van der Waals surface area (Å²) in [6.45, 7) is -3.01. The number of fused-ring (bicyclic) bond motifs is 1. The topological polar surface area (TPSA) is 121 Å². The maximum atomic E-state index is 13.7. The highest BCUT2D eigenvalue weighted by molar-refractivity contribution is 7.91. The lowest BCUT2D eigenvalue weighted by Gasteiger charge is -2.30. The van der Waals surface area contributed by atoms with Gasteiger partial charge in [0.25, 0.3) is 0 Å². The number of rotatable bonds is 11. The molecule has 0 radical (unpaired) electrons. The number of nitrogens with one attached hydrogen (secondary N) is 1. The second-order valence-corrected chi connectivity index (χ2v) is 14.0. The fourth-order valence-corrected chi connectivity index (χ4v) is 9.51. The number of anilines is 2. The Balaban J connectivity index is 1.28. The molecule has 3 aliphatic carbocycles. The van der Waals surface area contributed by atoms with Crippen LogP contribution in [-0.4, -0.2) is 57.3 Å². The standard InChI is InChI=1S/C25H29F3N6O4S2/c1-33-21(10-22(32-33)38-24(27)28)30-25-31-29-12-34(25)16-4-5-19-17(8-16)23(20(39-19)9-18(35)14-2-3-14)40(36,37)11-13-6-15(26)7-13/h10,12-16,24H,2-9,11H2,1H3,(H,30,31)/t13?,15?,16-/m0/s1. The highest BCUT2D eigenvalue weighted by atomic mass is 32.2. The second-order valence-electron chi connectivity index (χ2n) is 10.8. The van der Waals surface area contributed by atoms with Crippen LogP contribution in [-0.2, 0) is 40.9 Å². The first-order valence-corrected chi connectivity index (χ1v) is 15.7. The molecule has 0 aromatic carbocycles. The summed E-state index contributed by atoms with van der Waals surface area (Å²) in [5.41, 5.74) is 0.726. The smallest absolute Gasteiger partial charge is 0.388 e. The van der Waals surface area contributed by atoms with E-state index in [0.29, 0.717) is 35.9 Å². The van der Waals surface area contributed by atoms with Crippen LogP contribution in [0.5, 0.6) is 5.88 Å². The molecule has 0 saturated heterocycles. The van der Waals surface area contributed by atoms with Crippen LogP contribution in [0, 0.1) is 11.8 Å². The molecule has 0 aliphatic heterocycles. The highest BCUT2D eigenvalue weighted by Crippen LogP contribution is 2.44. The Morgan fingerprint density at radius 1 is 1.27 bits per heavy atom. The maximum absolute atomic E-state index is 13.7. The predicted molar refractivity (Wildman–Crippen MR) is 140 cm³/mol. The van der Waals surface area contributed by atoms with Gasteiger partial charge in [0.1, 0.15) is 24.1 Å². The van der Waals surface area contributed by atoms with Crippen LogP contribution >= 0.6 is 11.3 Å². The first kappa shape index (κ1) is 27.2. The largest absolute Gasteiger partial charge is 0.415 e. The molecule has 2 saturated carbocycles. The van der Waals surface area contributed by atoms with E-state index in [-0.39, 0.29) is 59.5 Å². The highest BCUT2D eigenvalue weighted by Gasteiger charge is 2.39. The summed E-state index contributed by atoms with van der Waals surface area (Å²) in [7, 11) is -2.17. The van der Waals surface area contributed by atoms with Gasteiger partial charge in [-0.15, -0.1) is 26.6 Å². The van der Waals surface area contributed by atoms with Crippen molar-refractivity contribution < 1.29 is 31.1 Å². The van der Waals surface area contributed by atoms with Gasteiger partial charge in [-0.05, 0) is 56.4 Å². The molecule has 10 nitrogen and oxygen atoms in total. The van der Waals surface area contributed by atoms with Crippen LogP contribution in [0.2, 0.25) is 0 Å². The lowest BCUT2D eigenvalue weighted by molar-refractivity contribution is -0.119. The lowest BCUT2D eigenvalue weighted by Crippen LogP contribution is -2.31. The number of alkyl halides is 3. The molecule has 2 fully saturated rings. The second kappa shape index (κ2) is 10.5. The Morgan fingerprint density at radius 2 is 2.05 bits per heavy atom. The van der Waals surface area contributed by atoms with Gasteiger partial charge in [0.15, 0.2) is 9.84 Å². The molecule has 3 aromatic rings. The summed E-state index contributed by atoms with van der Waals surface area (Å²) in [6.07, 6.45) is 4.61. The number of ketones is 1. The van der Waals surface area contributed by atoms with Gasteiger partial charge in [-0.3, -0.25) is 9.36 Å². The van der Waals surface area contributed by atoms with E-state index >= 15 is 0 Å². The minimum Gasteiger partial charge on any atom is -0.415 e. The van der Waals surface area contributed by atoms with Gasteiger partial charge in [0.2, 0.25) is 11.8 Å². The number of nitrogens with zero attached hydrogens (tertiary/aromatic N) is 5. The van der Waals surface area contributed by atoms with Crippen molar-refractivity contribution in [1.29, 1.82) is 0 Å². The normalized spacial score (nSPS) is 22.7. The van der Waals surface area contributed by atoms with Gasteiger partial charge < -0.3 is 10.1 Å². The van der Waals surface area contributed by atoms with E-state index in [0.717, 1.165) is 23.3 Å². The van der Waals surface area contributed by atoms with Crippen molar-refractivity contribution >= 4 is 38.7 Å². The summed E-state index contributed by atoms with van der Waals surface area (Å²) in [6, 6.07) is 1.13. The van der Waals surface area contributed by atoms with Crippen molar-refractivity contribution in [1.82, 2.24) is 24.5 Å². The third-order valence-electron chi connectivity index (χ3n) is 7.84. The van der Waals surface area contributed by atoms with E-state index < -0.39 is 22.6 Å². The summed E-state index contributed by atoms with van der Waals surface area (Å²) in [5.74, 6) is 0.213. The minimum absolute atomic E-state index is 0.0191. The van der Waals surface area contributed by atoms with Crippen LogP contribution in [0.3, 0.4) is 0 Å². The summed E-state index contributed by atoms with van der Waals surface area (Å²) < 4.78 is 73.7. The molecular formula is C25H29F3N6O4S2. The Kier molecular flexibility index (Phi) is 7.13. The van der Waals surface area contributed by atoms with Crippen molar-refractivity contribution in [2.75, 3.05) is 11.1 Å². The average molecular weight is 599 g/mol. The lowest BCUT2D eigenvalue weighted by atomic mass is 9.85. The molecule has 0 bridgehead atoms. The fraction of sp³-hybridized carbons (Fsp3) is 0.600. The van der Waals surface area contributed by atoms with Crippen molar-refractivity contribution in [3.63, 3.8) is 0 Å². The summed E-state index contributed by atoms with van der Waals surface area (Å²) >= 11 is 1.41. The van der Waals surface area contributed by atoms with Gasteiger partial charge in [-0.1, -0.05) is 0 Å². The van der Waals surface area contributed by atoms with E-state index in [1.54, 1.807) is 17.9 Å². The molecule has 1 N–H and O–H groups in total. The molecule has 1 atom stereocenters. The molecule has 15 heteroatoms. The van der Waals surface area contributed by atoms with E-state index in [9.17, 15) is 26.4 Å². The zero-order chi connectivity index (χ0) is 28.2. The number of halogens is 3. The molecule has 3 aliphatic rings. The molecule has 3 aromatic heterocycles. The zero-order valence-electron chi connectivity index (χ0n) is 21.7. The van der Waals surface area contributed by atoms with Crippen LogP contribution in [0.4, 0.5) is 24.9 Å². The third-order valence-corrected chi connectivity index (χ3v) is 11.3. The Labute approximate surface area is 232 Å². The Hall–Kier alpha value is -2.94. The molecule has 216 valence electrons. The molecule has 3 heterocycles. The molecule has 0 spiro atoms. The number of thiophene rings is 1. The molecule has 0 unspecified atom stereocenters. The Morgan fingerprint density at radius 3 is 2.75 bits per heavy atom. The van der Waals surface area contributed by atoms with Gasteiger partial charge in [-0.25, -0.2) is 17.5 Å². The van der Waals surface area contributed by atoms with Crippen LogP contribution < -0.4 is 10.1 Å². The van der Waals surface area contributed by atoms with E-state index in [2.05, 4.69) is 25.3 Å². The number of Topliss-reactive ketones (excluding diaryl/α,β-unsaturated/α-hetero) is 1. The number of aryl methyl sites for hydroxylation is 2. The van der Waals surface area contributed by atoms with Crippen molar-refractivity contribution in [2.24, 2.45) is 18.9 Å². The number of hydrogen-bond acceptors (Lipinski definition) is 9. The third kappa shape index (κ3) is 5.49. The van der Waals surface area contributed by atoms with Gasteiger partial charge >= 0.3 is 6.61 Å². The molecule has 0 amide bonds. The van der Waals surface area contributed by atoms with Crippen molar-refractivity contribution in [3.8, 4) is 5.88 Å². The number of sulfone groups is 1. The van der Waals surface area contributed by atoms with Crippen LogP contribution in [0.15, 0.2) is 17.3 Å². The van der Waals surface area contributed by atoms with Crippen LogP contribution in [0.1, 0.15) is 53.5 Å². The summed E-state index contributed by atoms with van der Waals surface area (Å²) in [5, 5.41) is 15.1. The molecular weight excluding hydrogens is 569 g/mol. The number of aromatic nitrogens is 5. The predicted octanol–water partition coefficient (Wildman–Crippen LogP) is 4.19. The first-order valence-electron chi connectivity index (χ1n) is 13.3. The number of carbonyl (C=O) groups excluding carboxylic acids is 1. The summed E-state index contributed by atoms with van der Waals surface area (Å²) in [4.78, 5) is 14.6. The number of carbonyl (C=O) groups is 1.